The monoisotopic (exact) mass is 231 g/mol. The van der Waals surface area contributed by atoms with Crippen molar-refractivity contribution in [3.05, 3.63) is 0 Å². The molecule has 0 atom stereocenters. The molecule has 0 heterocycles. The van der Waals surface area contributed by atoms with Crippen molar-refractivity contribution in [2.24, 2.45) is 5.73 Å². The first kappa shape index (κ1) is 14.9. The van der Waals surface area contributed by atoms with Crippen molar-refractivity contribution in [1.82, 2.24) is 0 Å². The van der Waals surface area contributed by atoms with Crippen LogP contribution >= 0.6 is 0 Å². The summed E-state index contributed by atoms with van der Waals surface area (Å²) in [7, 11) is 0. The Morgan fingerprint density at radius 3 is 1.56 bits per heavy atom. The summed E-state index contributed by atoms with van der Waals surface area (Å²) >= 11 is 0. The molecule has 0 aliphatic rings. The topological polar surface area (TPSA) is 101 Å². The molecule has 0 aromatic rings. The lowest BCUT2D eigenvalue weighted by Crippen LogP contribution is -2.19. The molecule has 0 aliphatic carbocycles. The molecule has 0 bridgehead atoms. The van der Waals surface area contributed by atoms with Gasteiger partial charge >= 0.3 is 11.9 Å². The van der Waals surface area contributed by atoms with Crippen molar-refractivity contribution in [3.63, 3.8) is 0 Å². The molecule has 0 radical (unpaired) electrons. The van der Waals surface area contributed by atoms with Crippen LogP contribution in [0.2, 0.25) is 0 Å². The second kappa shape index (κ2) is 9.15. The molecule has 0 aromatic carbocycles. The number of rotatable bonds is 10. The summed E-state index contributed by atoms with van der Waals surface area (Å²) in [5.41, 5.74) is 5.81. The van der Waals surface area contributed by atoms with Crippen LogP contribution in [-0.2, 0) is 9.59 Å². The maximum atomic E-state index is 10.2. The van der Waals surface area contributed by atoms with Gasteiger partial charge in [-0.2, -0.15) is 0 Å². The van der Waals surface area contributed by atoms with Crippen LogP contribution < -0.4 is 5.73 Å². The molecular weight excluding hydrogens is 210 g/mol. The van der Waals surface area contributed by atoms with Gasteiger partial charge in [-0.3, -0.25) is 9.59 Å². The van der Waals surface area contributed by atoms with Crippen LogP contribution in [0.4, 0.5) is 0 Å². The molecule has 5 heteroatoms. The highest BCUT2D eigenvalue weighted by Gasteiger charge is 2.04. The summed E-state index contributed by atoms with van der Waals surface area (Å²) in [5, 5.41) is 16.8. The van der Waals surface area contributed by atoms with E-state index in [0.717, 1.165) is 25.7 Å². The van der Waals surface area contributed by atoms with Crippen LogP contribution in [-0.4, -0.2) is 28.2 Å². The van der Waals surface area contributed by atoms with Crippen LogP contribution in [0, 0.1) is 0 Å². The number of carboxylic acid groups (broad SMARTS) is 2. The van der Waals surface area contributed by atoms with Gasteiger partial charge in [0.15, 0.2) is 0 Å². The SMILES string of the molecule is NC(CCCCC(=O)O)CCCCC(=O)O. The van der Waals surface area contributed by atoms with E-state index in [1.165, 1.54) is 0 Å². The summed E-state index contributed by atoms with van der Waals surface area (Å²) in [4.78, 5) is 20.5. The van der Waals surface area contributed by atoms with Crippen molar-refractivity contribution in [1.29, 1.82) is 0 Å². The zero-order valence-corrected chi connectivity index (χ0v) is 9.52. The Kier molecular flexibility index (Phi) is 8.52. The van der Waals surface area contributed by atoms with E-state index >= 15 is 0 Å². The van der Waals surface area contributed by atoms with E-state index in [1.54, 1.807) is 0 Å². The molecule has 0 spiro atoms. The average molecular weight is 231 g/mol. The van der Waals surface area contributed by atoms with E-state index in [4.69, 9.17) is 15.9 Å². The fourth-order valence-corrected chi connectivity index (χ4v) is 1.51. The van der Waals surface area contributed by atoms with E-state index in [0.29, 0.717) is 12.8 Å². The minimum atomic E-state index is -0.768. The summed E-state index contributed by atoms with van der Waals surface area (Å²) in [6.45, 7) is 0. The fraction of sp³-hybridized carbons (Fsp3) is 0.818. The second-order valence-electron chi connectivity index (χ2n) is 4.04. The van der Waals surface area contributed by atoms with Gasteiger partial charge in [-0.25, -0.2) is 0 Å². The Bertz CT molecular complexity index is 196. The lowest BCUT2D eigenvalue weighted by atomic mass is 10.0. The van der Waals surface area contributed by atoms with E-state index < -0.39 is 11.9 Å². The van der Waals surface area contributed by atoms with Gasteiger partial charge in [-0.1, -0.05) is 12.8 Å². The van der Waals surface area contributed by atoms with Crippen LogP contribution in [0.25, 0.3) is 0 Å². The first-order valence-electron chi connectivity index (χ1n) is 5.71. The number of carbonyl (C=O) groups is 2. The minimum Gasteiger partial charge on any atom is -0.481 e. The van der Waals surface area contributed by atoms with Crippen LogP contribution in [0.15, 0.2) is 0 Å². The first-order chi connectivity index (χ1) is 7.52. The Balaban J connectivity index is 3.27. The molecule has 16 heavy (non-hydrogen) atoms. The Morgan fingerprint density at radius 1 is 0.875 bits per heavy atom. The largest absolute Gasteiger partial charge is 0.481 e. The number of hydrogen-bond donors (Lipinski definition) is 3. The number of aliphatic carboxylic acids is 2. The summed E-state index contributed by atoms with van der Waals surface area (Å²) in [6.07, 6.45) is 5.02. The third-order valence-corrected chi connectivity index (χ3v) is 2.43. The summed E-state index contributed by atoms with van der Waals surface area (Å²) in [6, 6.07) is 0.0718. The first-order valence-corrected chi connectivity index (χ1v) is 5.71. The van der Waals surface area contributed by atoms with Gasteiger partial charge in [-0.15, -0.1) is 0 Å². The molecule has 0 aliphatic heterocycles. The van der Waals surface area contributed by atoms with E-state index in [2.05, 4.69) is 0 Å². The van der Waals surface area contributed by atoms with Crippen LogP contribution in [0.1, 0.15) is 51.4 Å². The Labute approximate surface area is 95.6 Å². The second-order valence-corrected chi connectivity index (χ2v) is 4.04. The number of nitrogens with two attached hydrogens (primary N) is 1. The minimum absolute atomic E-state index is 0.0718. The zero-order valence-electron chi connectivity index (χ0n) is 9.52. The van der Waals surface area contributed by atoms with Crippen LogP contribution in [0.5, 0.6) is 0 Å². The fourth-order valence-electron chi connectivity index (χ4n) is 1.51. The van der Waals surface area contributed by atoms with Gasteiger partial charge in [0.05, 0.1) is 0 Å². The van der Waals surface area contributed by atoms with Gasteiger partial charge in [0.2, 0.25) is 0 Å². The van der Waals surface area contributed by atoms with Crippen molar-refractivity contribution in [2.45, 2.75) is 57.4 Å². The highest BCUT2D eigenvalue weighted by atomic mass is 16.4. The molecule has 0 saturated heterocycles. The van der Waals surface area contributed by atoms with Crippen molar-refractivity contribution in [2.75, 3.05) is 0 Å². The maximum absolute atomic E-state index is 10.2. The molecule has 0 aromatic heterocycles. The van der Waals surface area contributed by atoms with Crippen molar-refractivity contribution >= 4 is 11.9 Å². The van der Waals surface area contributed by atoms with Crippen molar-refractivity contribution in [3.8, 4) is 0 Å². The third-order valence-electron chi connectivity index (χ3n) is 2.43. The molecule has 0 fully saturated rings. The summed E-state index contributed by atoms with van der Waals surface area (Å²) < 4.78 is 0. The van der Waals surface area contributed by atoms with E-state index in [-0.39, 0.29) is 18.9 Å². The maximum Gasteiger partial charge on any atom is 0.303 e. The molecule has 0 saturated carbocycles. The van der Waals surface area contributed by atoms with Gasteiger partial charge in [-0.05, 0) is 25.7 Å². The lowest BCUT2D eigenvalue weighted by Gasteiger charge is -2.10. The van der Waals surface area contributed by atoms with E-state index in [1.807, 2.05) is 0 Å². The Morgan fingerprint density at radius 2 is 1.25 bits per heavy atom. The predicted molar refractivity (Wildman–Crippen MR) is 60.2 cm³/mol. The standard InChI is InChI=1S/C11H21NO4/c12-9(5-1-3-7-10(13)14)6-2-4-8-11(15)16/h9H,1-8,12H2,(H,13,14)(H,15,16). The molecule has 0 amide bonds. The molecule has 0 rings (SSSR count). The highest BCUT2D eigenvalue weighted by Crippen LogP contribution is 2.09. The third kappa shape index (κ3) is 11.0. The number of carboxylic acids is 2. The lowest BCUT2D eigenvalue weighted by molar-refractivity contribution is -0.138. The van der Waals surface area contributed by atoms with Gasteiger partial charge in [0, 0.05) is 18.9 Å². The predicted octanol–water partition coefficient (Wildman–Crippen LogP) is 1.60. The number of hydrogen-bond acceptors (Lipinski definition) is 3. The summed E-state index contributed by atoms with van der Waals surface area (Å²) in [5.74, 6) is -1.54. The Hall–Kier alpha value is -1.10. The van der Waals surface area contributed by atoms with Crippen LogP contribution in [0.3, 0.4) is 0 Å². The normalized spacial score (nSPS) is 10.6. The van der Waals surface area contributed by atoms with E-state index in [9.17, 15) is 9.59 Å². The average Bonchev–Trinajstić information content (AvgIpc) is 2.19. The highest BCUT2D eigenvalue weighted by molar-refractivity contribution is 5.66. The smallest absolute Gasteiger partial charge is 0.303 e. The molecule has 94 valence electrons. The van der Waals surface area contributed by atoms with Gasteiger partial charge in [0.25, 0.3) is 0 Å². The van der Waals surface area contributed by atoms with Gasteiger partial charge < -0.3 is 15.9 Å². The number of unbranched alkanes of at least 4 members (excludes halogenated alkanes) is 2. The van der Waals surface area contributed by atoms with Crippen molar-refractivity contribution < 1.29 is 19.8 Å². The van der Waals surface area contributed by atoms with Gasteiger partial charge in [0.1, 0.15) is 0 Å². The zero-order chi connectivity index (χ0) is 12.4. The molecule has 4 N–H and O–H groups in total. The molecule has 0 unspecified atom stereocenters. The molecule has 5 nitrogen and oxygen atoms in total. The molecular formula is C11H21NO4. The quantitative estimate of drug-likeness (QED) is 0.496.